The number of rotatable bonds is 6. The molecule has 0 aliphatic carbocycles. The summed E-state index contributed by atoms with van der Waals surface area (Å²) in [6.45, 7) is 2.11. The SMILES string of the molecule is CCC(CCO)NC(=O)Cc1cccc(Br)c1. The Hall–Kier alpha value is -0.870. The summed E-state index contributed by atoms with van der Waals surface area (Å²) >= 11 is 3.38. The van der Waals surface area contributed by atoms with Crippen molar-refractivity contribution < 1.29 is 9.90 Å². The van der Waals surface area contributed by atoms with E-state index in [-0.39, 0.29) is 18.6 Å². The first-order valence-electron chi connectivity index (χ1n) is 5.80. The third-order valence-electron chi connectivity index (χ3n) is 2.59. The maximum atomic E-state index is 11.8. The molecule has 1 unspecified atom stereocenters. The molecule has 3 nitrogen and oxygen atoms in total. The molecule has 1 atom stereocenters. The van der Waals surface area contributed by atoms with Crippen LogP contribution in [-0.4, -0.2) is 23.7 Å². The summed E-state index contributed by atoms with van der Waals surface area (Å²) < 4.78 is 0.977. The summed E-state index contributed by atoms with van der Waals surface area (Å²) in [5.74, 6) is 0.00315. The average Bonchev–Trinajstić information content (AvgIpc) is 2.28. The second kappa shape index (κ2) is 7.45. The molecule has 0 heterocycles. The van der Waals surface area contributed by atoms with Gasteiger partial charge >= 0.3 is 0 Å². The van der Waals surface area contributed by atoms with E-state index in [0.717, 1.165) is 16.5 Å². The van der Waals surface area contributed by atoms with Gasteiger partial charge in [0.25, 0.3) is 0 Å². The zero-order valence-electron chi connectivity index (χ0n) is 9.95. The van der Waals surface area contributed by atoms with Crippen molar-refractivity contribution in [3.05, 3.63) is 34.3 Å². The molecule has 0 spiro atoms. The summed E-state index contributed by atoms with van der Waals surface area (Å²) in [4.78, 5) is 11.8. The van der Waals surface area contributed by atoms with E-state index < -0.39 is 0 Å². The molecule has 0 fully saturated rings. The van der Waals surface area contributed by atoms with Gasteiger partial charge in [0.05, 0.1) is 6.42 Å². The molecule has 1 amide bonds. The minimum atomic E-state index is 0.00315. The molecule has 1 aromatic carbocycles. The number of amides is 1. The van der Waals surface area contributed by atoms with Gasteiger partial charge in [-0.05, 0) is 30.5 Å². The molecule has 0 aliphatic heterocycles. The van der Waals surface area contributed by atoms with E-state index in [9.17, 15) is 4.79 Å². The highest BCUT2D eigenvalue weighted by Gasteiger charge is 2.10. The fourth-order valence-corrected chi connectivity index (χ4v) is 2.09. The number of aliphatic hydroxyl groups is 1. The fraction of sp³-hybridized carbons (Fsp3) is 0.462. The Morgan fingerprint density at radius 2 is 2.29 bits per heavy atom. The van der Waals surface area contributed by atoms with Crippen molar-refractivity contribution in [1.29, 1.82) is 0 Å². The Labute approximate surface area is 110 Å². The molecule has 4 heteroatoms. The lowest BCUT2D eigenvalue weighted by atomic mass is 10.1. The fourth-order valence-electron chi connectivity index (χ4n) is 1.65. The summed E-state index contributed by atoms with van der Waals surface area (Å²) in [6.07, 6.45) is 1.83. The minimum absolute atomic E-state index is 0.00315. The van der Waals surface area contributed by atoms with Crippen LogP contribution in [0.15, 0.2) is 28.7 Å². The van der Waals surface area contributed by atoms with Gasteiger partial charge < -0.3 is 10.4 Å². The molecule has 94 valence electrons. The van der Waals surface area contributed by atoms with Crippen LogP contribution in [0, 0.1) is 0 Å². The maximum absolute atomic E-state index is 11.8. The quantitative estimate of drug-likeness (QED) is 0.846. The number of hydrogen-bond acceptors (Lipinski definition) is 2. The second-order valence-electron chi connectivity index (χ2n) is 3.99. The average molecular weight is 300 g/mol. The van der Waals surface area contributed by atoms with Crippen LogP contribution < -0.4 is 5.32 Å². The monoisotopic (exact) mass is 299 g/mol. The zero-order chi connectivity index (χ0) is 12.7. The van der Waals surface area contributed by atoms with E-state index in [2.05, 4.69) is 21.2 Å². The molecule has 0 saturated carbocycles. The Kier molecular flexibility index (Phi) is 6.22. The summed E-state index contributed by atoms with van der Waals surface area (Å²) in [5, 5.41) is 11.8. The summed E-state index contributed by atoms with van der Waals surface area (Å²) in [7, 11) is 0. The van der Waals surface area contributed by atoms with Crippen molar-refractivity contribution in [1.82, 2.24) is 5.32 Å². The number of nitrogens with one attached hydrogen (secondary N) is 1. The van der Waals surface area contributed by atoms with Gasteiger partial charge in [0.1, 0.15) is 0 Å². The van der Waals surface area contributed by atoms with Crippen molar-refractivity contribution in [3.63, 3.8) is 0 Å². The Balaban J connectivity index is 2.49. The van der Waals surface area contributed by atoms with Crippen LogP contribution in [0.4, 0.5) is 0 Å². The van der Waals surface area contributed by atoms with Crippen LogP contribution in [0.3, 0.4) is 0 Å². The molecule has 0 bridgehead atoms. The molecular formula is C13H18BrNO2. The lowest BCUT2D eigenvalue weighted by Crippen LogP contribution is -2.36. The normalized spacial score (nSPS) is 12.2. The maximum Gasteiger partial charge on any atom is 0.224 e. The van der Waals surface area contributed by atoms with Crippen molar-refractivity contribution in [3.8, 4) is 0 Å². The number of aliphatic hydroxyl groups excluding tert-OH is 1. The number of hydrogen-bond donors (Lipinski definition) is 2. The smallest absolute Gasteiger partial charge is 0.224 e. The highest BCUT2D eigenvalue weighted by atomic mass is 79.9. The van der Waals surface area contributed by atoms with Crippen molar-refractivity contribution >= 4 is 21.8 Å². The molecule has 0 radical (unpaired) electrons. The lowest BCUT2D eigenvalue weighted by Gasteiger charge is -2.15. The van der Waals surface area contributed by atoms with E-state index in [4.69, 9.17) is 5.11 Å². The van der Waals surface area contributed by atoms with E-state index in [1.807, 2.05) is 31.2 Å². The third-order valence-corrected chi connectivity index (χ3v) is 3.08. The first-order chi connectivity index (χ1) is 8.15. The van der Waals surface area contributed by atoms with Gasteiger partial charge in [-0.1, -0.05) is 35.0 Å². The van der Waals surface area contributed by atoms with Gasteiger partial charge in [0.2, 0.25) is 5.91 Å². The van der Waals surface area contributed by atoms with E-state index in [1.165, 1.54) is 0 Å². The molecule has 0 saturated heterocycles. The molecule has 1 aromatic rings. The van der Waals surface area contributed by atoms with Crippen LogP contribution in [0.1, 0.15) is 25.3 Å². The minimum Gasteiger partial charge on any atom is -0.396 e. The summed E-state index contributed by atoms with van der Waals surface area (Å²) in [5.41, 5.74) is 0.982. The number of carbonyl (C=O) groups is 1. The number of halogens is 1. The predicted molar refractivity (Wildman–Crippen MR) is 71.8 cm³/mol. The first-order valence-corrected chi connectivity index (χ1v) is 6.59. The van der Waals surface area contributed by atoms with Crippen LogP contribution in [-0.2, 0) is 11.2 Å². The lowest BCUT2D eigenvalue weighted by molar-refractivity contribution is -0.121. The van der Waals surface area contributed by atoms with Crippen LogP contribution >= 0.6 is 15.9 Å². The van der Waals surface area contributed by atoms with Gasteiger partial charge in [-0.2, -0.15) is 0 Å². The molecule has 2 N–H and O–H groups in total. The van der Waals surface area contributed by atoms with Gasteiger partial charge in [0, 0.05) is 17.1 Å². The second-order valence-corrected chi connectivity index (χ2v) is 4.91. The Morgan fingerprint density at radius 1 is 1.53 bits per heavy atom. The number of carbonyl (C=O) groups excluding carboxylic acids is 1. The van der Waals surface area contributed by atoms with Gasteiger partial charge in [-0.25, -0.2) is 0 Å². The largest absolute Gasteiger partial charge is 0.396 e. The Bertz CT molecular complexity index is 368. The van der Waals surface area contributed by atoms with Crippen LogP contribution in [0.25, 0.3) is 0 Å². The van der Waals surface area contributed by atoms with Crippen LogP contribution in [0.2, 0.25) is 0 Å². The standard InChI is InChI=1S/C13H18BrNO2/c1-2-12(6-7-16)15-13(17)9-10-4-3-5-11(14)8-10/h3-5,8,12,16H,2,6-7,9H2,1H3,(H,15,17). The predicted octanol–water partition coefficient (Wildman–Crippen LogP) is 2.27. The van der Waals surface area contributed by atoms with Crippen molar-refractivity contribution in [2.45, 2.75) is 32.2 Å². The number of benzene rings is 1. The topological polar surface area (TPSA) is 49.3 Å². The van der Waals surface area contributed by atoms with Crippen LogP contribution in [0.5, 0.6) is 0 Å². The van der Waals surface area contributed by atoms with E-state index >= 15 is 0 Å². The van der Waals surface area contributed by atoms with Gasteiger partial charge in [0.15, 0.2) is 0 Å². The first kappa shape index (κ1) is 14.2. The molecule has 0 aliphatic rings. The third kappa shape index (κ3) is 5.33. The molecule has 1 rings (SSSR count). The highest BCUT2D eigenvalue weighted by Crippen LogP contribution is 2.12. The Morgan fingerprint density at radius 3 is 2.88 bits per heavy atom. The molecular weight excluding hydrogens is 282 g/mol. The highest BCUT2D eigenvalue weighted by molar-refractivity contribution is 9.10. The zero-order valence-corrected chi connectivity index (χ0v) is 11.5. The van der Waals surface area contributed by atoms with E-state index in [0.29, 0.717) is 12.8 Å². The van der Waals surface area contributed by atoms with E-state index in [1.54, 1.807) is 0 Å². The van der Waals surface area contributed by atoms with Crippen molar-refractivity contribution in [2.24, 2.45) is 0 Å². The molecule has 17 heavy (non-hydrogen) atoms. The van der Waals surface area contributed by atoms with Gasteiger partial charge in [-0.15, -0.1) is 0 Å². The van der Waals surface area contributed by atoms with Crippen molar-refractivity contribution in [2.75, 3.05) is 6.61 Å². The van der Waals surface area contributed by atoms with Gasteiger partial charge in [-0.3, -0.25) is 4.79 Å². The molecule has 0 aromatic heterocycles. The summed E-state index contributed by atoms with van der Waals surface area (Å²) in [6, 6.07) is 7.78.